The quantitative estimate of drug-likeness (QED) is 0.406. The molecule has 0 atom stereocenters. The summed E-state index contributed by atoms with van der Waals surface area (Å²) in [5, 5.41) is -0.240. The predicted octanol–water partition coefficient (Wildman–Crippen LogP) is 1.31. The van der Waals surface area contributed by atoms with E-state index in [1.807, 2.05) is 0 Å². The Morgan fingerprint density at radius 3 is 2.34 bits per heavy atom. The molecule has 2 aromatic rings. The van der Waals surface area contributed by atoms with Gasteiger partial charge in [-0.2, -0.15) is 4.31 Å². The van der Waals surface area contributed by atoms with Crippen molar-refractivity contribution in [3.05, 3.63) is 53.8 Å². The highest BCUT2D eigenvalue weighted by atomic mass is 32.2. The maximum atomic E-state index is 12.6. The Morgan fingerprint density at radius 2 is 1.72 bits per heavy atom. The molecule has 1 aliphatic heterocycles. The predicted molar refractivity (Wildman–Crippen MR) is 114 cm³/mol. The summed E-state index contributed by atoms with van der Waals surface area (Å²) in [5.74, 6) is -0.478. The van der Waals surface area contributed by atoms with Gasteiger partial charge in [-0.3, -0.25) is 0 Å². The average molecular weight is 485 g/mol. The van der Waals surface area contributed by atoms with Crippen LogP contribution in [0.2, 0.25) is 0 Å². The molecule has 2 heterocycles. The number of carbonyl (C=O) groups is 1. The molecule has 0 spiro atoms. The third kappa shape index (κ3) is 5.64. The molecule has 10 nitrogen and oxygen atoms in total. The van der Waals surface area contributed by atoms with Crippen LogP contribution in [0.3, 0.4) is 0 Å². The topological polar surface area (TPSA) is 123 Å². The zero-order chi connectivity index (χ0) is 23.4. The van der Waals surface area contributed by atoms with E-state index in [9.17, 15) is 21.6 Å². The van der Waals surface area contributed by atoms with Crippen molar-refractivity contribution < 1.29 is 35.5 Å². The number of furan rings is 1. The van der Waals surface area contributed by atoms with Crippen LogP contribution >= 0.6 is 0 Å². The summed E-state index contributed by atoms with van der Waals surface area (Å²) in [6.07, 6.45) is 2.67. The first-order valence-electron chi connectivity index (χ1n) is 9.65. The van der Waals surface area contributed by atoms with Crippen LogP contribution in [-0.4, -0.2) is 71.8 Å². The number of hydrogen-bond acceptors (Lipinski definition) is 8. The molecule has 0 N–H and O–H groups in total. The molecular formula is C20H24N2O8S2. The number of nitrogens with zero attached hydrogens (tertiary/aromatic N) is 2. The average Bonchev–Trinajstić information content (AvgIpc) is 3.27. The summed E-state index contributed by atoms with van der Waals surface area (Å²) in [6, 6.07) is 8.84. The molecule has 0 amide bonds. The molecule has 3 rings (SSSR count). The van der Waals surface area contributed by atoms with E-state index in [1.165, 1.54) is 54.8 Å². The van der Waals surface area contributed by atoms with Crippen LogP contribution in [-0.2, 0) is 40.9 Å². The van der Waals surface area contributed by atoms with E-state index < -0.39 is 26.0 Å². The third-order valence-corrected chi connectivity index (χ3v) is 8.23. The van der Waals surface area contributed by atoms with E-state index in [0.717, 1.165) is 4.31 Å². The van der Waals surface area contributed by atoms with Crippen molar-refractivity contribution in [1.82, 2.24) is 8.61 Å². The zero-order valence-electron chi connectivity index (χ0n) is 17.6. The Hall–Kier alpha value is -2.51. The number of ether oxygens (including phenoxy) is 2. The van der Waals surface area contributed by atoms with E-state index in [2.05, 4.69) is 0 Å². The molecule has 174 valence electrons. The second-order valence-corrected chi connectivity index (χ2v) is 11.1. The smallest absolute Gasteiger partial charge is 0.331 e. The van der Waals surface area contributed by atoms with Crippen LogP contribution in [0.4, 0.5) is 0 Å². The second kappa shape index (κ2) is 9.96. The van der Waals surface area contributed by atoms with Gasteiger partial charge >= 0.3 is 5.97 Å². The van der Waals surface area contributed by atoms with Gasteiger partial charge in [-0.1, -0.05) is 12.1 Å². The molecule has 0 bridgehead atoms. The molecule has 0 aliphatic carbocycles. The SMILES string of the molecule is CN(C)S(=O)(=O)c1ccc(COC(=O)/C=C/c2ccc(S(=O)(=O)N3CCOCC3)cc2)o1. The molecule has 12 heteroatoms. The zero-order valence-corrected chi connectivity index (χ0v) is 19.3. The first kappa shape index (κ1) is 24.1. The molecular weight excluding hydrogens is 460 g/mol. The van der Waals surface area contributed by atoms with Gasteiger partial charge in [-0.25, -0.2) is 25.9 Å². The second-order valence-electron chi connectivity index (χ2n) is 7.03. The molecule has 1 aromatic carbocycles. The molecule has 0 radical (unpaired) electrons. The highest BCUT2D eigenvalue weighted by Crippen LogP contribution is 2.19. The van der Waals surface area contributed by atoms with Crippen LogP contribution in [0.5, 0.6) is 0 Å². The van der Waals surface area contributed by atoms with E-state index in [-0.39, 0.29) is 22.4 Å². The maximum Gasteiger partial charge on any atom is 0.331 e. The molecule has 1 fully saturated rings. The Kier molecular flexibility index (Phi) is 7.51. The summed E-state index contributed by atoms with van der Waals surface area (Å²) in [5.41, 5.74) is 0.611. The number of sulfonamides is 2. The van der Waals surface area contributed by atoms with Crippen molar-refractivity contribution in [2.24, 2.45) is 0 Å². The van der Waals surface area contributed by atoms with Crippen LogP contribution < -0.4 is 0 Å². The molecule has 1 aromatic heterocycles. The molecule has 32 heavy (non-hydrogen) atoms. The van der Waals surface area contributed by atoms with Crippen molar-refractivity contribution in [3.8, 4) is 0 Å². The Labute approximate surface area is 187 Å². The summed E-state index contributed by atoms with van der Waals surface area (Å²) >= 11 is 0. The lowest BCUT2D eigenvalue weighted by molar-refractivity contribution is -0.139. The van der Waals surface area contributed by atoms with Gasteiger partial charge in [0.05, 0.1) is 18.1 Å². The van der Waals surface area contributed by atoms with E-state index in [0.29, 0.717) is 31.9 Å². The molecule has 1 saturated heterocycles. The van der Waals surface area contributed by atoms with E-state index in [4.69, 9.17) is 13.9 Å². The third-order valence-electron chi connectivity index (χ3n) is 4.63. The standard InChI is InChI=1S/C20H24N2O8S2/c1-21(2)32(26,27)20-10-6-17(30-20)15-29-19(23)9-5-16-3-7-18(8-4-16)31(24,25)22-11-13-28-14-12-22/h3-10H,11-15H2,1-2H3/b9-5+. The lowest BCUT2D eigenvalue weighted by Crippen LogP contribution is -2.40. The van der Waals surface area contributed by atoms with Gasteiger partial charge in [0.15, 0.2) is 0 Å². The van der Waals surface area contributed by atoms with Gasteiger partial charge < -0.3 is 13.9 Å². The molecule has 1 aliphatic rings. The minimum absolute atomic E-state index is 0.167. The monoisotopic (exact) mass is 484 g/mol. The Morgan fingerprint density at radius 1 is 1.06 bits per heavy atom. The van der Waals surface area contributed by atoms with Gasteiger partial charge in [0.1, 0.15) is 12.4 Å². The molecule has 0 saturated carbocycles. The fraction of sp³-hybridized carbons (Fsp3) is 0.350. The van der Waals surface area contributed by atoms with Crippen molar-refractivity contribution in [3.63, 3.8) is 0 Å². The van der Waals surface area contributed by atoms with Crippen LogP contribution in [0.1, 0.15) is 11.3 Å². The van der Waals surface area contributed by atoms with Crippen LogP contribution in [0.15, 0.2) is 56.9 Å². The van der Waals surface area contributed by atoms with Crippen LogP contribution in [0.25, 0.3) is 6.08 Å². The highest BCUT2D eigenvalue weighted by Gasteiger charge is 2.26. The number of hydrogen-bond donors (Lipinski definition) is 0. The fourth-order valence-corrected chi connectivity index (χ4v) is 5.02. The number of morpholine rings is 1. The first-order chi connectivity index (χ1) is 15.1. The van der Waals surface area contributed by atoms with Crippen molar-refractivity contribution in [2.75, 3.05) is 40.4 Å². The van der Waals surface area contributed by atoms with Crippen molar-refractivity contribution in [2.45, 2.75) is 16.6 Å². The number of esters is 1. The lowest BCUT2D eigenvalue weighted by atomic mass is 10.2. The highest BCUT2D eigenvalue weighted by molar-refractivity contribution is 7.89. The summed E-state index contributed by atoms with van der Waals surface area (Å²) in [7, 11) is -4.52. The van der Waals surface area contributed by atoms with Gasteiger partial charge in [-0.05, 0) is 35.9 Å². The Balaban J connectivity index is 1.56. The van der Waals surface area contributed by atoms with Crippen molar-refractivity contribution in [1.29, 1.82) is 0 Å². The number of carbonyl (C=O) groups excluding carboxylic acids is 1. The van der Waals surface area contributed by atoms with Gasteiger partial charge in [0.2, 0.25) is 15.1 Å². The summed E-state index contributed by atoms with van der Waals surface area (Å²) in [6.45, 7) is 1.13. The first-order valence-corrected chi connectivity index (χ1v) is 12.5. The van der Waals surface area contributed by atoms with Crippen molar-refractivity contribution >= 4 is 32.1 Å². The van der Waals surface area contributed by atoms with Gasteiger partial charge in [0.25, 0.3) is 10.0 Å². The normalized spacial score (nSPS) is 16.0. The molecule has 0 unspecified atom stereocenters. The number of rotatable bonds is 8. The minimum atomic E-state index is -3.70. The summed E-state index contributed by atoms with van der Waals surface area (Å²) < 4.78 is 67.0. The maximum absolute atomic E-state index is 12.6. The van der Waals surface area contributed by atoms with E-state index in [1.54, 1.807) is 12.1 Å². The largest absolute Gasteiger partial charge is 0.454 e. The Bertz CT molecular complexity index is 1180. The minimum Gasteiger partial charge on any atom is -0.454 e. The fourth-order valence-electron chi connectivity index (χ4n) is 2.80. The van der Waals surface area contributed by atoms with Crippen LogP contribution in [0, 0.1) is 0 Å². The number of benzene rings is 1. The van der Waals surface area contributed by atoms with Gasteiger partial charge in [-0.15, -0.1) is 0 Å². The van der Waals surface area contributed by atoms with E-state index >= 15 is 0 Å². The lowest BCUT2D eigenvalue weighted by Gasteiger charge is -2.26. The summed E-state index contributed by atoms with van der Waals surface area (Å²) in [4.78, 5) is 12.1. The van der Waals surface area contributed by atoms with Gasteiger partial charge in [0, 0.05) is 33.3 Å².